The van der Waals surface area contributed by atoms with E-state index in [-0.39, 0.29) is 16.6 Å². The largest absolute Gasteiger partial charge is 0.497 e. The molecule has 1 N–H and O–H groups in total. The molecule has 1 heterocycles. The Balaban J connectivity index is 2.27. The summed E-state index contributed by atoms with van der Waals surface area (Å²) in [6, 6.07) is 4.86. The van der Waals surface area contributed by atoms with Crippen LogP contribution in [-0.2, 0) is 9.84 Å². The lowest BCUT2D eigenvalue weighted by Gasteiger charge is -2.23. The predicted molar refractivity (Wildman–Crippen MR) is 77.2 cm³/mol. The minimum absolute atomic E-state index is 0.142. The summed E-state index contributed by atoms with van der Waals surface area (Å²) in [5.41, 5.74) is 0. The van der Waals surface area contributed by atoms with Gasteiger partial charge in [0.1, 0.15) is 16.4 Å². The Hall–Kier alpha value is -1.27. The molecule has 5 nitrogen and oxygen atoms in total. The second kappa shape index (κ2) is 6.45. The maximum absolute atomic E-state index is 12.6. The van der Waals surface area contributed by atoms with Crippen LogP contribution in [0.25, 0.3) is 0 Å². The van der Waals surface area contributed by atoms with Gasteiger partial charge in [0.15, 0.2) is 9.84 Å². The van der Waals surface area contributed by atoms with Crippen LogP contribution in [0.15, 0.2) is 23.1 Å². The summed E-state index contributed by atoms with van der Waals surface area (Å²) in [5, 5.41) is 3.24. The van der Waals surface area contributed by atoms with Crippen molar-refractivity contribution < 1.29 is 17.9 Å². The quantitative estimate of drug-likeness (QED) is 0.892. The van der Waals surface area contributed by atoms with Crippen LogP contribution in [0.5, 0.6) is 11.5 Å². The summed E-state index contributed by atoms with van der Waals surface area (Å²) in [4.78, 5) is 0.213. The highest BCUT2D eigenvalue weighted by molar-refractivity contribution is 7.91. The summed E-state index contributed by atoms with van der Waals surface area (Å²) in [6.07, 6.45) is 1.97. The highest BCUT2D eigenvalue weighted by atomic mass is 32.2. The zero-order valence-corrected chi connectivity index (χ0v) is 12.7. The number of piperidine rings is 1. The van der Waals surface area contributed by atoms with Crippen molar-refractivity contribution in [1.29, 1.82) is 0 Å². The Morgan fingerprint density at radius 1 is 1.30 bits per heavy atom. The Kier molecular flexibility index (Phi) is 4.88. The Bertz CT molecular complexity index is 550. The molecule has 1 aromatic rings. The minimum atomic E-state index is -3.38. The predicted octanol–water partition coefficient (Wildman–Crippen LogP) is 1.48. The highest BCUT2D eigenvalue weighted by Gasteiger charge is 2.26. The van der Waals surface area contributed by atoms with Crippen LogP contribution in [0.4, 0.5) is 0 Å². The van der Waals surface area contributed by atoms with E-state index in [4.69, 9.17) is 9.47 Å². The van der Waals surface area contributed by atoms with Gasteiger partial charge in [-0.3, -0.25) is 0 Å². The van der Waals surface area contributed by atoms with Crippen LogP contribution >= 0.6 is 0 Å². The molecule has 0 amide bonds. The SMILES string of the molecule is COc1ccc(OC)c(S(=O)(=O)CC2CCCNC2)c1. The molecule has 0 aliphatic carbocycles. The monoisotopic (exact) mass is 299 g/mol. The van der Waals surface area contributed by atoms with Crippen molar-refractivity contribution in [3.8, 4) is 11.5 Å². The molecular formula is C14H21NO4S. The van der Waals surface area contributed by atoms with Gasteiger partial charge < -0.3 is 14.8 Å². The lowest BCUT2D eigenvalue weighted by Crippen LogP contribution is -2.33. The van der Waals surface area contributed by atoms with Crippen LogP contribution < -0.4 is 14.8 Å². The third-order valence-electron chi connectivity index (χ3n) is 3.56. The van der Waals surface area contributed by atoms with Crippen LogP contribution in [0, 0.1) is 5.92 Å². The molecule has 6 heteroatoms. The lowest BCUT2D eigenvalue weighted by atomic mass is 10.0. The van der Waals surface area contributed by atoms with Crippen molar-refractivity contribution >= 4 is 9.84 Å². The van der Waals surface area contributed by atoms with Crippen LogP contribution in [0.3, 0.4) is 0 Å². The molecule has 1 atom stereocenters. The van der Waals surface area contributed by atoms with E-state index < -0.39 is 9.84 Å². The molecule has 0 spiro atoms. The molecule has 1 unspecified atom stereocenters. The fourth-order valence-corrected chi connectivity index (χ4v) is 4.33. The van der Waals surface area contributed by atoms with Gasteiger partial charge in [-0.1, -0.05) is 0 Å². The molecule has 20 heavy (non-hydrogen) atoms. The number of methoxy groups -OCH3 is 2. The van der Waals surface area contributed by atoms with E-state index in [2.05, 4.69) is 5.32 Å². The molecule has 0 bridgehead atoms. The van der Waals surface area contributed by atoms with Crippen LogP contribution in [0.1, 0.15) is 12.8 Å². The standard InChI is InChI=1S/C14H21NO4S/c1-18-12-5-6-13(19-2)14(8-12)20(16,17)10-11-4-3-7-15-9-11/h5-6,8,11,15H,3-4,7,9-10H2,1-2H3. The molecule has 0 aromatic heterocycles. The number of nitrogens with one attached hydrogen (secondary N) is 1. The van der Waals surface area contributed by atoms with Gasteiger partial charge in [0.25, 0.3) is 0 Å². The maximum Gasteiger partial charge on any atom is 0.182 e. The Morgan fingerprint density at radius 2 is 2.10 bits per heavy atom. The number of ether oxygens (including phenoxy) is 2. The van der Waals surface area contributed by atoms with Gasteiger partial charge in [0.2, 0.25) is 0 Å². The van der Waals surface area contributed by atoms with Gasteiger partial charge in [-0.25, -0.2) is 8.42 Å². The average Bonchev–Trinajstić information content (AvgIpc) is 2.47. The van der Waals surface area contributed by atoms with Crippen LogP contribution in [0.2, 0.25) is 0 Å². The van der Waals surface area contributed by atoms with Gasteiger partial charge in [-0.15, -0.1) is 0 Å². The lowest BCUT2D eigenvalue weighted by molar-refractivity contribution is 0.389. The van der Waals surface area contributed by atoms with Crippen molar-refractivity contribution in [3.05, 3.63) is 18.2 Å². The minimum Gasteiger partial charge on any atom is -0.497 e. The molecule has 1 fully saturated rings. The molecule has 0 radical (unpaired) electrons. The van der Waals surface area contributed by atoms with E-state index >= 15 is 0 Å². The zero-order chi connectivity index (χ0) is 14.6. The summed E-state index contributed by atoms with van der Waals surface area (Å²) in [6.45, 7) is 1.73. The summed E-state index contributed by atoms with van der Waals surface area (Å²) < 4.78 is 35.4. The number of rotatable bonds is 5. The molecular weight excluding hydrogens is 278 g/mol. The van der Waals surface area contributed by atoms with E-state index in [1.54, 1.807) is 12.1 Å². The van der Waals surface area contributed by atoms with Gasteiger partial charge in [-0.05, 0) is 44.0 Å². The smallest absolute Gasteiger partial charge is 0.182 e. The first-order valence-electron chi connectivity index (χ1n) is 6.72. The number of hydrogen-bond donors (Lipinski definition) is 1. The first-order valence-corrected chi connectivity index (χ1v) is 8.37. The number of sulfone groups is 1. The van der Waals surface area contributed by atoms with E-state index in [1.807, 2.05) is 0 Å². The first-order chi connectivity index (χ1) is 9.56. The van der Waals surface area contributed by atoms with E-state index in [0.717, 1.165) is 25.9 Å². The van der Waals surface area contributed by atoms with Crippen molar-refractivity contribution in [1.82, 2.24) is 5.32 Å². The summed E-state index contributed by atoms with van der Waals surface area (Å²) >= 11 is 0. The second-order valence-electron chi connectivity index (χ2n) is 5.01. The zero-order valence-electron chi connectivity index (χ0n) is 11.9. The molecule has 0 saturated carbocycles. The first kappa shape index (κ1) is 15.1. The van der Waals surface area contributed by atoms with Gasteiger partial charge >= 0.3 is 0 Å². The maximum atomic E-state index is 12.6. The molecule has 2 rings (SSSR count). The van der Waals surface area contributed by atoms with E-state index in [0.29, 0.717) is 11.5 Å². The summed E-state index contributed by atoms with van der Waals surface area (Å²) in [7, 11) is -0.388. The van der Waals surface area contributed by atoms with Crippen molar-refractivity contribution in [2.45, 2.75) is 17.7 Å². The van der Waals surface area contributed by atoms with Crippen LogP contribution in [-0.4, -0.2) is 41.5 Å². The molecule has 112 valence electrons. The normalized spacial score (nSPS) is 19.6. The van der Waals surface area contributed by atoms with E-state index in [9.17, 15) is 8.42 Å². The Morgan fingerprint density at radius 3 is 2.70 bits per heavy atom. The van der Waals surface area contributed by atoms with Gasteiger partial charge in [0, 0.05) is 6.07 Å². The van der Waals surface area contributed by atoms with Crippen molar-refractivity contribution in [3.63, 3.8) is 0 Å². The summed E-state index contributed by atoms with van der Waals surface area (Å²) in [5.74, 6) is 1.19. The van der Waals surface area contributed by atoms with Crippen molar-refractivity contribution in [2.75, 3.05) is 33.1 Å². The number of benzene rings is 1. The number of hydrogen-bond acceptors (Lipinski definition) is 5. The second-order valence-corrected chi connectivity index (χ2v) is 7.01. The van der Waals surface area contributed by atoms with Gasteiger partial charge in [-0.2, -0.15) is 0 Å². The Labute approximate surface area is 120 Å². The fraction of sp³-hybridized carbons (Fsp3) is 0.571. The molecule has 1 aliphatic rings. The molecule has 1 aliphatic heterocycles. The molecule has 1 saturated heterocycles. The topological polar surface area (TPSA) is 64.6 Å². The fourth-order valence-electron chi connectivity index (χ4n) is 2.49. The van der Waals surface area contributed by atoms with E-state index in [1.165, 1.54) is 20.3 Å². The highest BCUT2D eigenvalue weighted by Crippen LogP contribution is 2.30. The average molecular weight is 299 g/mol. The molecule has 1 aromatic carbocycles. The third kappa shape index (κ3) is 3.43. The third-order valence-corrected chi connectivity index (χ3v) is 5.46. The van der Waals surface area contributed by atoms with Crippen molar-refractivity contribution in [2.24, 2.45) is 5.92 Å². The van der Waals surface area contributed by atoms with Gasteiger partial charge in [0.05, 0.1) is 20.0 Å².